The summed E-state index contributed by atoms with van der Waals surface area (Å²) in [4.78, 5) is 17.0. The fraction of sp³-hybridized carbons (Fsp3) is 0.267. The van der Waals surface area contributed by atoms with Crippen molar-refractivity contribution >= 4 is 55.1 Å². The number of piperazine rings is 1. The first-order valence-electron chi connectivity index (χ1n) is 7.38. The molecule has 0 spiro atoms. The molecule has 2 heterocycles. The Hall–Kier alpha value is -1.06. The van der Waals surface area contributed by atoms with Crippen LogP contribution in [0.5, 0.6) is 0 Å². The van der Waals surface area contributed by atoms with Gasteiger partial charge in [0.2, 0.25) is 10.0 Å². The Morgan fingerprint density at radius 3 is 2.36 bits per heavy atom. The molecule has 0 atom stereocenters. The van der Waals surface area contributed by atoms with Crippen LogP contribution in [0.2, 0.25) is 10.2 Å². The fourth-order valence-corrected chi connectivity index (χ4v) is 4.93. The van der Waals surface area contributed by atoms with Crippen LogP contribution in [0.25, 0.3) is 0 Å². The van der Waals surface area contributed by atoms with E-state index < -0.39 is 10.0 Å². The Bertz CT molecular complexity index is 889. The summed E-state index contributed by atoms with van der Waals surface area (Å²) in [6.07, 6.45) is 0. The van der Waals surface area contributed by atoms with E-state index in [4.69, 9.17) is 23.2 Å². The van der Waals surface area contributed by atoms with Gasteiger partial charge in [-0.3, -0.25) is 4.79 Å². The molecule has 1 aliphatic rings. The minimum atomic E-state index is -3.59. The Balaban J connectivity index is 1.70. The van der Waals surface area contributed by atoms with Gasteiger partial charge in [-0.2, -0.15) is 4.31 Å². The van der Waals surface area contributed by atoms with Crippen LogP contribution in [0.3, 0.4) is 0 Å². The lowest BCUT2D eigenvalue weighted by Gasteiger charge is -2.33. The second kappa shape index (κ2) is 7.28. The average Bonchev–Trinajstić information content (AvgIpc) is 2.93. The molecular weight excluding hydrogens is 453 g/mol. The highest BCUT2D eigenvalue weighted by Gasteiger charge is 2.31. The first kappa shape index (κ1) is 18.7. The van der Waals surface area contributed by atoms with Crippen molar-refractivity contribution in [3.05, 3.63) is 50.7 Å². The molecule has 1 fully saturated rings. The molecule has 134 valence electrons. The van der Waals surface area contributed by atoms with E-state index in [0.717, 1.165) is 0 Å². The number of H-pyrrole nitrogens is 1. The number of benzene rings is 1. The van der Waals surface area contributed by atoms with Crippen LogP contribution >= 0.6 is 39.1 Å². The predicted octanol–water partition coefficient (Wildman–Crippen LogP) is 3.23. The van der Waals surface area contributed by atoms with E-state index in [1.807, 2.05) is 0 Å². The molecule has 25 heavy (non-hydrogen) atoms. The number of hydrogen-bond acceptors (Lipinski definition) is 3. The number of sulfonamides is 1. The number of rotatable bonds is 3. The van der Waals surface area contributed by atoms with Crippen LogP contribution in [0.1, 0.15) is 10.5 Å². The maximum atomic E-state index is 12.7. The monoisotopic (exact) mass is 465 g/mol. The Morgan fingerprint density at radius 1 is 1.12 bits per heavy atom. The number of nitrogens with zero attached hydrogens (tertiary/aromatic N) is 2. The molecule has 0 unspecified atom stereocenters. The highest BCUT2D eigenvalue weighted by Crippen LogP contribution is 2.24. The number of halogens is 3. The third-order valence-electron chi connectivity index (χ3n) is 3.92. The number of carbonyl (C=O) groups is 1. The molecule has 1 N–H and O–H groups in total. The van der Waals surface area contributed by atoms with Crippen molar-refractivity contribution in [3.8, 4) is 0 Å². The standard InChI is InChI=1S/C15H14BrCl2N3O3S/c16-10-2-1-3-11(8-10)25(23,24)21-6-4-20(5-7-21)15(22)13-9-12(17)14(18)19-13/h1-3,8-9,19H,4-7H2. The van der Waals surface area contributed by atoms with Crippen molar-refractivity contribution in [2.24, 2.45) is 0 Å². The molecule has 2 aromatic rings. The topological polar surface area (TPSA) is 73.5 Å². The number of aromatic amines is 1. The van der Waals surface area contributed by atoms with Crippen molar-refractivity contribution in [2.75, 3.05) is 26.2 Å². The number of amides is 1. The van der Waals surface area contributed by atoms with E-state index in [9.17, 15) is 13.2 Å². The Labute approximate surface area is 163 Å². The first-order valence-corrected chi connectivity index (χ1v) is 10.4. The van der Waals surface area contributed by atoms with Gasteiger partial charge in [0.25, 0.3) is 5.91 Å². The largest absolute Gasteiger partial charge is 0.340 e. The number of aromatic nitrogens is 1. The summed E-state index contributed by atoms with van der Waals surface area (Å²) in [7, 11) is -3.59. The minimum absolute atomic E-state index is 0.209. The molecule has 10 heteroatoms. The van der Waals surface area contributed by atoms with Gasteiger partial charge >= 0.3 is 0 Å². The molecule has 1 saturated heterocycles. The van der Waals surface area contributed by atoms with Gasteiger partial charge in [-0.25, -0.2) is 8.42 Å². The molecule has 1 aromatic carbocycles. The third-order valence-corrected chi connectivity index (χ3v) is 7.00. The summed E-state index contributed by atoms with van der Waals surface area (Å²) in [6, 6.07) is 8.03. The number of hydrogen-bond donors (Lipinski definition) is 1. The molecule has 0 aliphatic carbocycles. The van der Waals surface area contributed by atoms with Crippen LogP contribution in [0.4, 0.5) is 0 Å². The van der Waals surface area contributed by atoms with E-state index in [0.29, 0.717) is 23.3 Å². The van der Waals surface area contributed by atoms with Gasteiger partial charge < -0.3 is 9.88 Å². The first-order chi connectivity index (χ1) is 11.8. The van der Waals surface area contributed by atoms with Crippen molar-refractivity contribution in [1.82, 2.24) is 14.2 Å². The zero-order valence-electron chi connectivity index (χ0n) is 12.9. The maximum absolute atomic E-state index is 12.7. The van der Waals surface area contributed by atoms with E-state index >= 15 is 0 Å². The Kier molecular flexibility index (Phi) is 5.45. The zero-order chi connectivity index (χ0) is 18.2. The molecule has 3 rings (SSSR count). The fourth-order valence-electron chi connectivity index (χ4n) is 2.60. The van der Waals surface area contributed by atoms with E-state index in [1.54, 1.807) is 29.2 Å². The molecule has 1 amide bonds. The second-order valence-electron chi connectivity index (χ2n) is 5.50. The lowest BCUT2D eigenvalue weighted by molar-refractivity contribution is 0.0692. The number of nitrogens with one attached hydrogen (secondary N) is 1. The molecule has 1 aromatic heterocycles. The summed E-state index contributed by atoms with van der Waals surface area (Å²) in [6.45, 7) is 1.03. The summed E-state index contributed by atoms with van der Waals surface area (Å²) < 4.78 is 27.5. The normalized spacial score (nSPS) is 16.2. The van der Waals surface area contributed by atoms with Crippen molar-refractivity contribution in [2.45, 2.75) is 4.90 Å². The second-order valence-corrected chi connectivity index (χ2v) is 9.14. The lowest BCUT2D eigenvalue weighted by Crippen LogP contribution is -2.50. The molecule has 1 aliphatic heterocycles. The van der Waals surface area contributed by atoms with E-state index in [2.05, 4.69) is 20.9 Å². The SMILES string of the molecule is O=C(c1cc(Cl)c(Cl)[nH]1)N1CCN(S(=O)(=O)c2cccc(Br)c2)CC1. The minimum Gasteiger partial charge on any atom is -0.340 e. The maximum Gasteiger partial charge on any atom is 0.270 e. The predicted molar refractivity (Wildman–Crippen MR) is 99.6 cm³/mol. The summed E-state index contributed by atoms with van der Waals surface area (Å²) in [5.41, 5.74) is 0.290. The van der Waals surface area contributed by atoms with Crippen LogP contribution in [-0.2, 0) is 10.0 Å². The quantitative estimate of drug-likeness (QED) is 0.754. The molecule has 0 saturated carbocycles. The summed E-state index contributed by atoms with van der Waals surface area (Å²) >= 11 is 15.0. The van der Waals surface area contributed by atoms with Gasteiger partial charge in [-0.05, 0) is 24.3 Å². The molecule has 0 radical (unpaired) electrons. The highest BCUT2D eigenvalue weighted by molar-refractivity contribution is 9.10. The van der Waals surface area contributed by atoms with E-state index in [1.165, 1.54) is 10.4 Å². The summed E-state index contributed by atoms with van der Waals surface area (Å²) in [5.74, 6) is -0.256. The summed E-state index contributed by atoms with van der Waals surface area (Å²) in [5, 5.41) is 0.488. The highest BCUT2D eigenvalue weighted by atomic mass is 79.9. The van der Waals surface area contributed by atoms with Crippen LogP contribution in [0.15, 0.2) is 39.7 Å². The van der Waals surface area contributed by atoms with Gasteiger partial charge in [0, 0.05) is 30.7 Å². The van der Waals surface area contributed by atoms with Crippen LogP contribution < -0.4 is 0 Å². The lowest BCUT2D eigenvalue weighted by atomic mass is 10.3. The van der Waals surface area contributed by atoms with Crippen molar-refractivity contribution in [3.63, 3.8) is 0 Å². The van der Waals surface area contributed by atoms with Gasteiger partial charge in [0.1, 0.15) is 10.8 Å². The van der Waals surface area contributed by atoms with Gasteiger partial charge in [-0.1, -0.05) is 45.2 Å². The number of carbonyl (C=O) groups excluding carboxylic acids is 1. The third kappa shape index (κ3) is 3.88. The van der Waals surface area contributed by atoms with E-state index in [-0.39, 0.29) is 34.1 Å². The van der Waals surface area contributed by atoms with Gasteiger partial charge in [0.15, 0.2) is 0 Å². The molecule has 6 nitrogen and oxygen atoms in total. The van der Waals surface area contributed by atoms with Crippen molar-refractivity contribution in [1.29, 1.82) is 0 Å². The van der Waals surface area contributed by atoms with Crippen LogP contribution in [-0.4, -0.2) is 54.7 Å². The van der Waals surface area contributed by atoms with Crippen molar-refractivity contribution < 1.29 is 13.2 Å². The molecule has 0 bridgehead atoms. The van der Waals surface area contributed by atoms with Gasteiger partial charge in [0.05, 0.1) is 9.92 Å². The van der Waals surface area contributed by atoms with Gasteiger partial charge in [-0.15, -0.1) is 0 Å². The molecular formula is C15H14BrCl2N3O3S. The smallest absolute Gasteiger partial charge is 0.270 e. The zero-order valence-corrected chi connectivity index (χ0v) is 16.8. The van der Waals surface area contributed by atoms with Crippen LogP contribution in [0, 0.1) is 0 Å². The average molecular weight is 467 g/mol. The Morgan fingerprint density at radius 2 is 1.80 bits per heavy atom.